The lowest BCUT2D eigenvalue weighted by Crippen LogP contribution is -2.56. The number of piperazine rings is 1. The molecule has 12 heteroatoms. The van der Waals surface area contributed by atoms with Crippen LogP contribution in [0.4, 0.5) is 0 Å². The van der Waals surface area contributed by atoms with Crippen LogP contribution in [0, 0.1) is 0 Å². The van der Waals surface area contributed by atoms with E-state index in [0.29, 0.717) is 6.54 Å². The number of nitrogens with two attached hydrogens (primary N) is 1. The lowest BCUT2D eigenvalue weighted by molar-refractivity contribution is 0.209. The Hall–Kier alpha value is -1.24. The first-order chi connectivity index (χ1) is 11.5. The van der Waals surface area contributed by atoms with Crippen molar-refractivity contribution in [1.29, 1.82) is 0 Å². The Kier molecular flexibility index (Phi) is 6.07. The van der Waals surface area contributed by atoms with Crippen molar-refractivity contribution >= 4 is 38.2 Å². The van der Waals surface area contributed by atoms with Crippen molar-refractivity contribution in [2.24, 2.45) is 10.1 Å². The minimum atomic E-state index is -4.01. The zero-order valence-corrected chi connectivity index (χ0v) is 16.2. The highest BCUT2D eigenvalue weighted by Crippen LogP contribution is 2.23. The van der Waals surface area contributed by atoms with Crippen molar-refractivity contribution in [3.8, 4) is 0 Å². The molecule has 1 aromatic rings. The summed E-state index contributed by atoms with van der Waals surface area (Å²) in [7, 11) is -4.71. The van der Waals surface area contributed by atoms with Gasteiger partial charge in [0, 0.05) is 33.7 Å². The summed E-state index contributed by atoms with van der Waals surface area (Å²) in [5.41, 5.74) is 5.87. The zero-order valence-electron chi connectivity index (χ0n) is 13.8. The van der Waals surface area contributed by atoms with Gasteiger partial charge in [0.1, 0.15) is 6.34 Å². The molecule has 1 aromatic carbocycles. The largest absolute Gasteiger partial charge is 0.368 e. The first-order valence-electron chi connectivity index (χ1n) is 7.29. The Balaban J connectivity index is 2.38. The second-order valence-electron chi connectivity index (χ2n) is 5.69. The molecular formula is C13H20ClN5O4S2. The third-order valence-electron chi connectivity index (χ3n) is 3.44. The second-order valence-corrected chi connectivity index (χ2v) is 9.69. The Labute approximate surface area is 152 Å². The summed E-state index contributed by atoms with van der Waals surface area (Å²) < 4.78 is 56.0. The van der Waals surface area contributed by atoms with Gasteiger partial charge in [0.05, 0.1) is 16.0 Å². The smallest absolute Gasteiger partial charge is 0.283 e. The predicted molar refractivity (Wildman–Crippen MR) is 95.1 cm³/mol. The SMILES string of the molecule is CN(C)C=NS(=O)(=O)c1cccc(S(=O)(=O)N2CCN(Cl)CC2N)c1. The third-order valence-corrected chi connectivity index (χ3v) is 6.89. The monoisotopic (exact) mass is 409 g/mol. The normalized spacial score (nSPS) is 20.9. The first kappa shape index (κ1) is 20.1. The van der Waals surface area contributed by atoms with E-state index in [4.69, 9.17) is 17.5 Å². The molecule has 0 radical (unpaired) electrons. The molecule has 0 spiro atoms. The molecule has 140 valence electrons. The van der Waals surface area contributed by atoms with Gasteiger partial charge in [-0.15, -0.1) is 4.40 Å². The average molecular weight is 410 g/mol. The quantitative estimate of drug-likeness (QED) is 0.403. The van der Waals surface area contributed by atoms with Gasteiger partial charge in [-0.05, 0) is 30.0 Å². The molecule has 1 aliphatic rings. The number of benzene rings is 1. The summed E-state index contributed by atoms with van der Waals surface area (Å²) in [4.78, 5) is 1.09. The predicted octanol–water partition coefficient (Wildman–Crippen LogP) is -0.290. The molecule has 2 rings (SSSR count). The van der Waals surface area contributed by atoms with Gasteiger partial charge in [-0.3, -0.25) is 0 Å². The molecule has 0 bridgehead atoms. The van der Waals surface area contributed by atoms with E-state index >= 15 is 0 Å². The van der Waals surface area contributed by atoms with E-state index in [1.807, 2.05) is 0 Å². The highest BCUT2D eigenvalue weighted by Gasteiger charge is 2.34. The van der Waals surface area contributed by atoms with Gasteiger partial charge in [0.15, 0.2) is 0 Å². The molecular weight excluding hydrogens is 390 g/mol. The van der Waals surface area contributed by atoms with Gasteiger partial charge >= 0.3 is 0 Å². The summed E-state index contributed by atoms with van der Waals surface area (Å²) >= 11 is 5.85. The van der Waals surface area contributed by atoms with Gasteiger partial charge in [-0.25, -0.2) is 12.8 Å². The van der Waals surface area contributed by atoms with Gasteiger partial charge in [-0.2, -0.15) is 12.7 Å². The molecule has 2 N–H and O–H groups in total. The number of halogens is 1. The van der Waals surface area contributed by atoms with Crippen molar-refractivity contribution in [2.45, 2.75) is 16.0 Å². The van der Waals surface area contributed by atoms with E-state index in [9.17, 15) is 16.8 Å². The average Bonchev–Trinajstić information content (AvgIpc) is 2.53. The Bertz CT molecular complexity index is 857. The topological polar surface area (TPSA) is 116 Å². The van der Waals surface area contributed by atoms with Crippen molar-refractivity contribution in [2.75, 3.05) is 33.7 Å². The van der Waals surface area contributed by atoms with E-state index in [2.05, 4.69) is 4.40 Å². The maximum Gasteiger partial charge on any atom is 0.283 e. The molecule has 1 atom stereocenters. The molecule has 1 fully saturated rings. The highest BCUT2D eigenvalue weighted by atomic mass is 35.5. The van der Waals surface area contributed by atoms with Crippen molar-refractivity contribution in [1.82, 2.24) is 13.6 Å². The molecule has 1 heterocycles. The fourth-order valence-electron chi connectivity index (χ4n) is 2.20. The van der Waals surface area contributed by atoms with E-state index in [0.717, 1.165) is 16.7 Å². The minimum Gasteiger partial charge on any atom is -0.368 e. The van der Waals surface area contributed by atoms with Crippen LogP contribution in [0.5, 0.6) is 0 Å². The molecule has 1 aliphatic heterocycles. The molecule has 0 amide bonds. The lowest BCUT2D eigenvalue weighted by Gasteiger charge is -2.35. The Morgan fingerprint density at radius 1 is 1.24 bits per heavy atom. The molecule has 0 saturated carbocycles. The van der Waals surface area contributed by atoms with Crippen molar-refractivity contribution < 1.29 is 16.8 Å². The van der Waals surface area contributed by atoms with Gasteiger partial charge < -0.3 is 10.6 Å². The minimum absolute atomic E-state index is 0.114. The van der Waals surface area contributed by atoms with Crippen LogP contribution in [0.3, 0.4) is 0 Å². The summed E-state index contributed by atoms with van der Waals surface area (Å²) in [6, 6.07) is 5.05. The van der Waals surface area contributed by atoms with Crippen LogP contribution >= 0.6 is 11.8 Å². The van der Waals surface area contributed by atoms with Crippen LogP contribution < -0.4 is 5.73 Å². The maximum atomic E-state index is 12.8. The van der Waals surface area contributed by atoms with Crippen molar-refractivity contribution in [3.63, 3.8) is 0 Å². The summed E-state index contributed by atoms with van der Waals surface area (Å²) in [5.74, 6) is 0. The third kappa shape index (κ3) is 4.68. The van der Waals surface area contributed by atoms with Gasteiger partial charge in [0.2, 0.25) is 10.0 Å². The lowest BCUT2D eigenvalue weighted by atomic mass is 10.4. The van der Waals surface area contributed by atoms with Crippen LogP contribution in [0.15, 0.2) is 38.5 Å². The maximum absolute atomic E-state index is 12.8. The molecule has 25 heavy (non-hydrogen) atoms. The van der Waals surface area contributed by atoms with Crippen LogP contribution in [0.2, 0.25) is 0 Å². The number of hydrogen-bond donors (Lipinski definition) is 1. The van der Waals surface area contributed by atoms with E-state index in [-0.39, 0.29) is 22.9 Å². The van der Waals surface area contributed by atoms with E-state index in [1.54, 1.807) is 14.1 Å². The Morgan fingerprint density at radius 3 is 2.48 bits per heavy atom. The fraction of sp³-hybridized carbons (Fsp3) is 0.462. The second kappa shape index (κ2) is 7.56. The summed E-state index contributed by atoms with van der Waals surface area (Å²) in [6.45, 7) is 0.605. The van der Waals surface area contributed by atoms with E-state index in [1.165, 1.54) is 27.5 Å². The standard InChI is InChI=1S/C13H20ClN5O4S2/c1-17(2)10-16-24(20,21)11-4-3-5-12(8-11)25(22,23)19-7-6-18(14)9-13(19)15/h3-5,8,10,13H,6-7,9,15H2,1-2H3. The molecule has 1 unspecified atom stereocenters. The molecule has 0 aromatic heterocycles. The van der Waals surface area contributed by atoms with Crippen LogP contribution in [-0.4, -0.2) is 76.7 Å². The number of nitrogens with zero attached hydrogens (tertiary/aromatic N) is 4. The molecule has 1 saturated heterocycles. The molecule has 9 nitrogen and oxygen atoms in total. The van der Waals surface area contributed by atoms with Crippen molar-refractivity contribution in [3.05, 3.63) is 24.3 Å². The summed E-state index contributed by atoms with van der Waals surface area (Å²) in [5, 5.41) is 0. The number of hydrogen-bond acceptors (Lipinski definition) is 6. The van der Waals surface area contributed by atoms with E-state index < -0.39 is 26.2 Å². The van der Waals surface area contributed by atoms with Crippen LogP contribution in [0.25, 0.3) is 0 Å². The Morgan fingerprint density at radius 2 is 1.88 bits per heavy atom. The summed E-state index contributed by atoms with van der Waals surface area (Å²) in [6.07, 6.45) is 0.315. The highest BCUT2D eigenvalue weighted by molar-refractivity contribution is 7.90. The van der Waals surface area contributed by atoms with Crippen LogP contribution in [0.1, 0.15) is 0 Å². The van der Waals surface area contributed by atoms with Crippen LogP contribution in [-0.2, 0) is 20.0 Å². The van der Waals surface area contributed by atoms with Gasteiger partial charge in [-0.1, -0.05) is 6.07 Å². The molecule has 0 aliphatic carbocycles. The van der Waals surface area contributed by atoms with Gasteiger partial charge in [0.25, 0.3) is 10.0 Å². The zero-order chi connectivity index (χ0) is 18.8. The first-order valence-corrected chi connectivity index (χ1v) is 10.5. The number of rotatable bonds is 5. The number of sulfonamides is 2. The fourth-order valence-corrected chi connectivity index (χ4v) is 5.00.